The molecule has 2 N–H and O–H groups in total. The molecule has 31 heavy (non-hydrogen) atoms. The van der Waals surface area contributed by atoms with Crippen molar-refractivity contribution in [3.05, 3.63) is 60.2 Å². The van der Waals surface area contributed by atoms with Gasteiger partial charge >= 0.3 is 0 Å². The van der Waals surface area contributed by atoms with Crippen LogP contribution in [0.5, 0.6) is 0 Å². The Morgan fingerprint density at radius 2 is 1.90 bits per heavy atom. The molecule has 1 fully saturated rings. The van der Waals surface area contributed by atoms with E-state index in [1.165, 1.54) is 24.0 Å². The molecule has 1 aliphatic rings. The van der Waals surface area contributed by atoms with E-state index in [2.05, 4.69) is 15.0 Å². The van der Waals surface area contributed by atoms with Gasteiger partial charge in [-0.3, -0.25) is 14.6 Å². The van der Waals surface area contributed by atoms with Gasteiger partial charge in [-0.15, -0.1) is 0 Å². The van der Waals surface area contributed by atoms with Crippen LogP contribution in [0.25, 0.3) is 0 Å². The zero-order valence-electron chi connectivity index (χ0n) is 17.1. The van der Waals surface area contributed by atoms with Crippen molar-refractivity contribution in [3.8, 4) is 0 Å². The van der Waals surface area contributed by atoms with E-state index in [0.717, 1.165) is 17.7 Å². The number of sulfonamides is 1. The van der Waals surface area contributed by atoms with Crippen molar-refractivity contribution in [2.24, 2.45) is 5.92 Å². The highest BCUT2D eigenvalue weighted by Gasteiger charge is 2.31. The molecule has 2 amide bonds. The summed E-state index contributed by atoms with van der Waals surface area (Å²) in [6.45, 7) is 2.50. The minimum absolute atomic E-state index is 0.0794. The minimum atomic E-state index is -4.17. The maximum absolute atomic E-state index is 13.8. The molecule has 2 aromatic rings. The molecule has 0 spiro atoms. The van der Waals surface area contributed by atoms with E-state index in [1.54, 1.807) is 18.5 Å². The Balaban J connectivity index is 1.50. The first kappa shape index (κ1) is 22.8. The van der Waals surface area contributed by atoms with Gasteiger partial charge in [0.2, 0.25) is 21.8 Å². The number of hydrogen-bond donors (Lipinski definition) is 2. The van der Waals surface area contributed by atoms with Crippen molar-refractivity contribution in [3.63, 3.8) is 0 Å². The molecule has 2 heterocycles. The van der Waals surface area contributed by atoms with E-state index in [-0.39, 0.29) is 11.8 Å². The van der Waals surface area contributed by atoms with Gasteiger partial charge < -0.3 is 10.2 Å². The molecule has 0 bridgehead atoms. The van der Waals surface area contributed by atoms with Crippen molar-refractivity contribution in [2.45, 2.75) is 37.2 Å². The van der Waals surface area contributed by atoms with Crippen LogP contribution >= 0.6 is 0 Å². The number of benzene rings is 1. The zero-order chi connectivity index (χ0) is 22.4. The second-order valence-electron chi connectivity index (χ2n) is 7.45. The van der Waals surface area contributed by atoms with E-state index >= 15 is 0 Å². The molecule has 1 aromatic carbocycles. The summed E-state index contributed by atoms with van der Waals surface area (Å²) < 4.78 is 40.9. The molecule has 1 aliphatic heterocycles. The summed E-state index contributed by atoms with van der Waals surface area (Å²) >= 11 is 0. The minimum Gasteiger partial charge on any atom is -0.352 e. The molecule has 1 aromatic heterocycles. The zero-order valence-corrected chi connectivity index (χ0v) is 17.9. The van der Waals surface area contributed by atoms with E-state index in [0.29, 0.717) is 32.5 Å². The first-order chi connectivity index (χ1) is 14.8. The highest BCUT2D eigenvalue weighted by molar-refractivity contribution is 7.89. The number of carbonyl (C=O) groups excluding carboxylic acids is 2. The highest BCUT2D eigenvalue weighted by atomic mass is 32.2. The fourth-order valence-electron chi connectivity index (χ4n) is 3.48. The highest BCUT2D eigenvalue weighted by Crippen LogP contribution is 2.19. The molecular weight excluding hydrogens is 423 g/mol. The predicted molar refractivity (Wildman–Crippen MR) is 112 cm³/mol. The van der Waals surface area contributed by atoms with Gasteiger partial charge in [-0.25, -0.2) is 12.8 Å². The number of nitrogens with one attached hydrogen (secondary N) is 2. The number of piperidine rings is 1. The second kappa shape index (κ2) is 9.97. The molecule has 3 rings (SSSR count). The molecule has 1 atom stereocenters. The number of carbonyl (C=O) groups is 2. The molecule has 0 aliphatic carbocycles. The van der Waals surface area contributed by atoms with Crippen LogP contribution in [0.2, 0.25) is 0 Å². The Morgan fingerprint density at radius 3 is 2.55 bits per heavy atom. The number of amides is 2. The third-order valence-electron chi connectivity index (χ3n) is 5.20. The molecular formula is C21H25FN4O4S. The third-order valence-corrected chi connectivity index (χ3v) is 6.77. The quantitative estimate of drug-likeness (QED) is 0.666. The fraction of sp³-hybridized carbons (Fsp3) is 0.381. The largest absolute Gasteiger partial charge is 0.352 e. The molecule has 166 valence electrons. The average Bonchev–Trinajstić information content (AvgIpc) is 2.77. The first-order valence-corrected chi connectivity index (χ1v) is 11.5. The van der Waals surface area contributed by atoms with Crippen LogP contribution in [0.15, 0.2) is 53.7 Å². The SMILES string of the molecule is C[C@H](NS(=O)(=O)c1ccccc1F)C(=O)N1CCC(C(=O)NCc2cccnc2)CC1. The summed E-state index contributed by atoms with van der Waals surface area (Å²) in [5, 5.41) is 2.88. The van der Waals surface area contributed by atoms with Crippen LogP contribution < -0.4 is 10.0 Å². The number of aromatic nitrogens is 1. The van der Waals surface area contributed by atoms with Gasteiger partial charge in [0.15, 0.2) is 0 Å². The first-order valence-electron chi connectivity index (χ1n) is 10.00. The number of pyridine rings is 1. The summed E-state index contributed by atoms with van der Waals surface area (Å²) in [6.07, 6.45) is 4.32. The van der Waals surface area contributed by atoms with Crippen molar-refractivity contribution in [2.75, 3.05) is 13.1 Å². The summed E-state index contributed by atoms with van der Waals surface area (Å²) in [4.78, 5) is 30.1. The van der Waals surface area contributed by atoms with Crippen molar-refractivity contribution < 1.29 is 22.4 Å². The van der Waals surface area contributed by atoms with E-state index in [1.807, 2.05) is 6.07 Å². The smallest absolute Gasteiger partial charge is 0.244 e. The van der Waals surface area contributed by atoms with Gasteiger partial charge in [-0.2, -0.15) is 4.72 Å². The number of nitrogens with zero attached hydrogens (tertiary/aromatic N) is 2. The Bertz CT molecular complexity index is 1020. The van der Waals surface area contributed by atoms with Crippen LogP contribution in [0, 0.1) is 11.7 Å². The van der Waals surface area contributed by atoms with Gasteiger partial charge in [0.05, 0.1) is 6.04 Å². The standard InChI is InChI=1S/C21H25FN4O4S/c1-15(25-31(29,30)19-7-3-2-6-18(19)22)21(28)26-11-8-17(9-12-26)20(27)24-14-16-5-4-10-23-13-16/h2-7,10,13,15,17,25H,8-9,11-12,14H2,1H3,(H,24,27)/t15-/m0/s1. The lowest BCUT2D eigenvalue weighted by atomic mass is 9.95. The second-order valence-corrected chi connectivity index (χ2v) is 9.13. The Hall–Kier alpha value is -2.85. The topological polar surface area (TPSA) is 108 Å². The van der Waals surface area contributed by atoms with Crippen LogP contribution in [0.3, 0.4) is 0 Å². The van der Waals surface area contributed by atoms with Gasteiger partial charge in [-0.1, -0.05) is 18.2 Å². The molecule has 0 radical (unpaired) electrons. The summed E-state index contributed by atoms with van der Waals surface area (Å²) in [7, 11) is -4.17. The summed E-state index contributed by atoms with van der Waals surface area (Å²) in [5.41, 5.74) is 0.902. The van der Waals surface area contributed by atoms with Crippen molar-refractivity contribution in [1.82, 2.24) is 19.9 Å². The Morgan fingerprint density at radius 1 is 1.19 bits per heavy atom. The van der Waals surface area contributed by atoms with Crippen LogP contribution in [-0.4, -0.2) is 49.2 Å². The lowest BCUT2D eigenvalue weighted by Gasteiger charge is -2.33. The molecule has 8 nitrogen and oxygen atoms in total. The Labute approximate surface area is 180 Å². The Kier molecular flexibility index (Phi) is 7.34. The van der Waals surface area contributed by atoms with Crippen molar-refractivity contribution >= 4 is 21.8 Å². The molecule has 0 saturated carbocycles. The van der Waals surface area contributed by atoms with E-state index in [9.17, 15) is 22.4 Å². The number of halogens is 1. The summed E-state index contributed by atoms with van der Waals surface area (Å²) in [5.74, 6) is -1.59. The van der Waals surface area contributed by atoms with Gasteiger partial charge in [-0.05, 0) is 43.5 Å². The summed E-state index contributed by atoms with van der Waals surface area (Å²) in [6, 6.07) is 7.61. The fourth-order valence-corrected chi connectivity index (χ4v) is 4.76. The lowest BCUT2D eigenvalue weighted by Crippen LogP contribution is -2.50. The maximum atomic E-state index is 13.8. The average molecular weight is 449 g/mol. The van der Waals surface area contributed by atoms with Crippen LogP contribution in [0.4, 0.5) is 4.39 Å². The monoisotopic (exact) mass is 448 g/mol. The predicted octanol–water partition coefficient (Wildman–Crippen LogP) is 1.44. The van der Waals surface area contributed by atoms with Gasteiger partial charge in [0.1, 0.15) is 10.7 Å². The molecule has 1 saturated heterocycles. The molecule has 10 heteroatoms. The number of hydrogen-bond acceptors (Lipinski definition) is 5. The lowest BCUT2D eigenvalue weighted by molar-refractivity contribution is -0.136. The van der Waals surface area contributed by atoms with E-state index < -0.39 is 32.7 Å². The third kappa shape index (κ3) is 5.86. The normalized spacial score (nSPS) is 16.0. The van der Waals surface area contributed by atoms with Gasteiger partial charge in [0.25, 0.3) is 0 Å². The number of likely N-dealkylation sites (tertiary alicyclic amines) is 1. The number of rotatable bonds is 7. The van der Waals surface area contributed by atoms with Crippen LogP contribution in [0.1, 0.15) is 25.3 Å². The van der Waals surface area contributed by atoms with Crippen molar-refractivity contribution in [1.29, 1.82) is 0 Å². The van der Waals surface area contributed by atoms with Gasteiger partial charge in [0, 0.05) is 37.9 Å². The maximum Gasteiger partial charge on any atom is 0.244 e. The van der Waals surface area contributed by atoms with E-state index in [4.69, 9.17) is 0 Å². The molecule has 0 unspecified atom stereocenters. The van der Waals surface area contributed by atoms with Crippen LogP contribution in [-0.2, 0) is 26.2 Å².